The third kappa shape index (κ3) is 2.40. The molecular formula is C13H24N2O. The van der Waals surface area contributed by atoms with Gasteiger partial charge in [-0.3, -0.25) is 4.79 Å². The summed E-state index contributed by atoms with van der Waals surface area (Å²) in [6, 6.07) is 0. The SMILES string of the molecule is C[C@@H]1CNC[C@H]1C(=O)N1CCCC(C)(C)C1. The second-order valence-electron chi connectivity index (χ2n) is 6.27. The van der Waals surface area contributed by atoms with Gasteiger partial charge < -0.3 is 10.2 Å². The van der Waals surface area contributed by atoms with E-state index in [0.717, 1.165) is 32.6 Å². The minimum absolute atomic E-state index is 0.217. The molecule has 2 atom stereocenters. The molecule has 2 saturated heterocycles. The first-order valence-corrected chi connectivity index (χ1v) is 6.49. The molecule has 1 N–H and O–H groups in total. The van der Waals surface area contributed by atoms with E-state index in [-0.39, 0.29) is 5.92 Å². The Bertz CT molecular complexity index is 275. The fraction of sp³-hybridized carbons (Fsp3) is 0.923. The molecule has 2 heterocycles. The molecule has 0 unspecified atom stereocenters. The van der Waals surface area contributed by atoms with Crippen LogP contribution in [0.3, 0.4) is 0 Å². The molecule has 0 spiro atoms. The van der Waals surface area contributed by atoms with Crippen molar-refractivity contribution in [3.05, 3.63) is 0 Å². The smallest absolute Gasteiger partial charge is 0.227 e. The summed E-state index contributed by atoms with van der Waals surface area (Å²) in [5, 5.41) is 3.32. The lowest BCUT2D eigenvalue weighted by Crippen LogP contribution is -2.47. The zero-order valence-corrected chi connectivity index (χ0v) is 10.8. The van der Waals surface area contributed by atoms with Gasteiger partial charge in [0.2, 0.25) is 5.91 Å². The van der Waals surface area contributed by atoms with Crippen molar-refractivity contribution < 1.29 is 4.79 Å². The van der Waals surface area contributed by atoms with Crippen molar-refractivity contribution in [3.8, 4) is 0 Å². The second-order valence-corrected chi connectivity index (χ2v) is 6.27. The molecule has 2 aliphatic rings. The van der Waals surface area contributed by atoms with Crippen LogP contribution in [-0.2, 0) is 4.79 Å². The van der Waals surface area contributed by atoms with E-state index < -0.39 is 0 Å². The first-order chi connectivity index (χ1) is 7.49. The molecule has 3 nitrogen and oxygen atoms in total. The van der Waals surface area contributed by atoms with Crippen molar-refractivity contribution in [1.29, 1.82) is 0 Å². The molecule has 0 aromatic heterocycles. The molecule has 0 aromatic rings. The topological polar surface area (TPSA) is 32.3 Å². The Morgan fingerprint density at radius 2 is 2.12 bits per heavy atom. The highest BCUT2D eigenvalue weighted by atomic mass is 16.2. The Balaban J connectivity index is 1.99. The van der Waals surface area contributed by atoms with Crippen LogP contribution in [0.5, 0.6) is 0 Å². The number of amides is 1. The van der Waals surface area contributed by atoms with Gasteiger partial charge in [-0.05, 0) is 30.7 Å². The summed E-state index contributed by atoms with van der Waals surface area (Å²) in [5.74, 6) is 1.09. The van der Waals surface area contributed by atoms with Gasteiger partial charge in [0, 0.05) is 19.6 Å². The van der Waals surface area contributed by atoms with Gasteiger partial charge in [0.05, 0.1) is 5.92 Å². The Hall–Kier alpha value is -0.570. The number of piperidine rings is 1. The maximum absolute atomic E-state index is 12.4. The van der Waals surface area contributed by atoms with E-state index in [4.69, 9.17) is 0 Å². The molecule has 92 valence electrons. The number of hydrogen-bond donors (Lipinski definition) is 1. The van der Waals surface area contributed by atoms with E-state index in [1.165, 1.54) is 6.42 Å². The maximum Gasteiger partial charge on any atom is 0.227 e. The molecule has 0 aromatic carbocycles. The average molecular weight is 224 g/mol. The Morgan fingerprint density at radius 3 is 2.69 bits per heavy atom. The number of nitrogens with one attached hydrogen (secondary N) is 1. The number of carbonyl (C=O) groups is 1. The molecule has 3 heteroatoms. The molecule has 2 rings (SSSR count). The standard InChI is InChI=1S/C13H24N2O/c1-10-7-14-8-11(10)12(16)15-6-4-5-13(2,3)9-15/h10-11,14H,4-9H2,1-3H3/t10-,11-/m1/s1. The lowest BCUT2D eigenvalue weighted by molar-refractivity contribution is -0.139. The normalized spacial score (nSPS) is 34.1. The predicted molar refractivity (Wildman–Crippen MR) is 65.1 cm³/mol. The molecule has 0 saturated carbocycles. The lowest BCUT2D eigenvalue weighted by Gasteiger charge is -2.39. The molecule has 0 radical (unpaired) electrons. The van der Waals surface area contributed by atoms with Crippen LogP contribution in [0.25, 0.3) is 0 Å². The van der Waals surface area contributed by atoms with Crippen molar-refractivity contribution in [2.45, 2.75) is 33.6 Å². The minimum atomic E-state index is 0.217. The van der Waals surface area contributed by atoms with Gasteiger partial charge in [-0.15, -0.1) is 0 Å². The maximum atomic E-state index is 12.4. The molecule has 16 heavy (non-hydrogen) atoms. The monoisotopic (exact) mass is 224 g/mol. The summed E-state index contributed by atoms with van der Waals surface area (Å²) in [6.45, 7) is 10.5. The van der Waals surface area contributed by atoms with Gasteiger partial charge in [-0.1, -0.05) is 20.8 Å². The van der Waals surface area contributed by atoms with Crippen LogP contribution in [0.15, 0.2) is 0 Å². The van der Waals surface area contributed by atoms with Crippen LogP contribution in [0.1, 0.15) is 33.6 Å². The van der Waals surface area contributed by atoms with Crippen molar-refractivity contribution in [2.24, 2.45) is 17.3 Å². The molecule has 0 aliphatic carbocycles. The minimum Gasteiger partial charge on any atom is -0.342 e. The van der Waals surface area contributed by atoms with Gasteiger partial charge in [-0.25, -0.2) is 0 Å². The van der Waals surface area contributed by atoms with Crippen LogP contribution in [0, 0.1) is 17.3 Å². The van der Waals surface area contributed by atoms with E-state index in [0.29, 0.717) is 17.2 Å². The zero-order chi connectivity index (χ0) is 11.8. The van der Waals surface area contributed by atoms with Gasteiger partial charge >= 0.3 is 0 Å². The highest BCUT2D eigenvalue weighted by Gasteiger charge is 2.36. The fourth-order valence-electron chi connectivity index (χ4n) is 2.99. The van der Waals surface area contributed by atoms with Crippen LogP contribution in [0.2, 0.25) is 0 Å². The first kappa shape index (κ1) is 11.9. The highest BCUT2D eigenvalue weighted by Crippen LogP contribution is 2.30. The van der Waals surface area contributed by atoms with E-state index in [1.807, 2.05) is 0 Å². The van der Waals surface area contributed by atoms with Gasteiger partial charge in [0.25, 0.3) is 0 Å². The van der Waals surface area contributed by atoms with Crippen molar-refractivity contribution in [3.63, 3.8) is 0 Å². The Morgan fingerprint density at radius 1 is 1.38 bits per heavy atom. The van der Waals surface area contributed by atoms with E-state index in [1.54, 1.807) is 0 Å². The van der Waals surface area contributed by atoms with E-state index in [9.17, 15) is 4.79 Å². The van der Waals surface area contributed by atoms with Crippen molar-refractivity contribution in [2.75, 3.05) is 26.2 Å². The summed E-state index contributed by atoms with van der Waals surface area (Å²) in [7, 11) is 0. The van der Waals surface area contributed by atoms with Crippen LogP contribution in [0.4, 0.5) is 0 Å². The summed E-state index contributed by atoms with van der Waals surface area (Å²) in [6.07, 6.45) is 2.41. The van der Waals surface area contributed by atoms with Crippen molar-refractivity contribution in [1.82, 2.24) is 10.2 Å². The van der Waals surface area contributed by atoms with E-state index >= 15 is 0 Å². The summed E-state index contributed by atoms with van der Waals surface area (Å²) >= 11 is 0. The van der Waals surface area contributed by atoms with Crippen molar-refractivity contribution >= 4 is 5.91 Å². The average Bonchev–Trinajstić information content (AvgIpc) is 2.62. The highest BCUT2D eigenvalue weighted by molar-refractivity contribution is 5.80. The molecule has 2 fully saturated rings. The van der Waals surface area contributed by atoms with Crippen LogP contribution in [-0.4, -0.2) is 37.0 Å². The van der Waals surface area contributed by atoms with Crippen LogP contribution >= 0.6 is 0 Å². The predicted octanol–water partition coefficient (Wildman–Crippen LogP) is 1.49. The third-order valence-electron chi connectivity index (χ3n) is 4.05. The van der Waals surface area contributed by atoms with Gasteiger partial charge in [0.1, 0.15) is 0 Å². The molecule has 2 aliphatic heterocycles. The summed E-state index contributed by atoms with van der Waals surface area (Å²) in [4.78, 5) is 14.5. The molecular weight excluding hydrogens is 200 g/mol. The van der Waals surface area contributed by atoms with Gasteiger partial charge in [-0.2, -0.15) is 0 Å². The molecule has 1 amide bonds. The second kappa shape index (κ2) is 4.36. The van der Waals surface area contributed by atoms with Gasteiger partial charge in [0.15, 0.2) is 0 Å². The largest absolute Gasteiger partial charge is 0.342 e. The third-order valence-corrected chi connectivity index (χ3v) is 4.05. The number of hydrogen-bond acceptors (Lipinski definition) is 2. The molecule has 0 bridgehead atoms. The van der Waals surface area contributed by atoms with Crippen LogP contribution < -0.4 is 5.32 Å². The quantitative estimate of drug-likeness (QED) is 0.732. The number of rotatable bonds is 1. The lowest BCUT2D eigenvalue weighted by atomic mass is 9.83. The fourth-order valence-corrected chi connectivity index (χ4v) is 2.99. The number of likely N-dealkylation sites (tertiary alicyclic amines) is 1. The summed E-state index contributed by atoms with van der Waals surface area (Å²) in [5.41, 5.74) is 0.309. The number of nitrogens with zero attached hydrogens (tertiary/aromatic N) is 1. The number of carbonyl (C=O) groups excluding carboxylic acids is 1. The Labute approximate surface area is 98.6 Å². The zero-order valence-electron chi connectivity index (χ0n) is 10.8. The van der Waals surface area contributed by atoms with E-state index in [2.05, 4.69) is 31.0 Å². The Kier molecular flexibility index (Phi) is 3.24. The summed E-state index contributed by atoms with van der Waals surface area (Å²) < 4.78 is 0. The first-order valence-electron chi connectivity index (χ1n) is 6.49.